The molecule has 1 aromatic heterocycles. The van der Waals surface area contributed by atoms with E-state index in [2.05, 4.69) is 96.8 Å². The topological polar surface area (TPSA) is 8.81 Å². The number of benzene rings is 2. The van der Waals surface area contributed by atoms with E-state index < -0.39 is 0 Å². The first-order valence-electron chi connectivity index (χ1n) is 14.4. The van der Waals surface area contributed by atoms with Crippen LogP contribution >= 0.6 is 0 Å². The third-order valence-electron chi connectivity index (χ3n) is 7.46. The first-order chi connectivity index (χ1) is 17.2. The van der Waals surface area contributed by atoms with E-state index in [1.54, 1.807) is 0 Å². The highest BCUT2D eigenvalue weighted by molar-refractivity contribution is 5.21. The second kappa shape index (κ2) is 15.6. The molecule has 0 N–H and O–H groups in total. The molecule has 0 amide bonds. The number of unbranched alkanes of at least 4 members (excludes halogenated alkanes) is 9. The highest BCUT2D eigenvalue weighted by atomic mass is 15.2. The molecular formula is C33H49N2+. The van der Waals surface area contributed by atoms with Crippen molar-refractivity contribution in [1.82, 2.24) is 4.57 Å². The Bertz CT molecular complexity index is 942. The fourth-order valence-corrected chi connectivity index (χ4v) is 5.30. The first-order valence-corrected chi connectivity index (χ1v) is 14.4. The van der Waals surface area contributed by atoms with Gasteiger partial charge in [0.1, 0.15) is 11.9 Å². The zero-order chi connectivity index (χ0) is 24.7. The van der Waals surface area contributed by atoms with E-state index in [0.29, 0.717) is 5.92 Å². The molecule has 0 saturated heterocycles. The summed E-state index contributed by atoms with van der Waals surface area (Å²) in [5.74, 6) is 1.98. The van der Waals surface area contributed by atoms with Crippen LogP contribution in [0, 0.1) is 0 Å². The van der Waals surface area contributed by atoms with Crippen LogP contribution in [0.15, 0.2) is 66.9 Å². The zero-order valence-corrected chi connectivity index (χ0v) is 22.7. The van der Waals surface area contributed by atoms with Crippen LogP contribution in [0.25, 0.3) is 0 Å². The van der Waals surface area contributed by atoms with Gasteiger partial charge in [-0.2, -0.15) is 0 Å². The molecule has 0 fully saturated rings. The van der Waals surface area contributed by atoms with Crippen molar-refractivity contribution in [2.45, 2.75) is 117 Å². The van der Waals surface area contributed by atoms with Crippen LogP contribution in [0.2, 0.25) is 0 Å². The van der Waals surface area contributed by atoms with E-state index in [4.69, 9.17) is 0 Å². The van der Waals surface area contributed by atoms with E-state index in [1.165, 1.54) is 86.9 Å². The molecule has 1 heterocycles. The van der Waals surface area contributed by atoms with Gasteiger partial charge >= 0.3 is 0 Å². The Kier molecular flexibility index (Phi) is 12.1. The van der Waals surface area contributed by atoms with Gasteiger partial charge in [-0.15, -0.1) is 0 Å². The van der Waals surface area contributed by atoms with Crippen molar-refractivity contribution < 1.29 is 4.57 Å². The van der Waals surface area contributed by atoms with Gasteiger partial charge in [-0.05, 0) is 36.8 Å². The molecular weight excluding hydrogens is 424 g/mol. The Labute approximate surface area is 215 Å². The summed E-state index contributed by atoms with van der Waals surface area (Å²) in [6.07, 6.45) is 18.4. The molecule has 2 aromatic carbocycles. The number of aromatic nitrogens is 2. The summed E-state index contributed by atoms with van der Waals surface area (Å²) in [6, 6.07) is 22.0. The van der Waals surface area contributed by atoms with Gasteiger partial charge in [0.2, 0.25) is 0 Å². The number of aryl methyl sites for hydroxylation is 1. The SMILES string of the molecule is CCCCCCCCCCCC[n+]1c(CC(C)c2ccccc2)cn(CC)c1Cc1ccccc1. The fraction of sp³-hybridized carbons (Fsp3) is 0.545. The summed E-state index contributed by atoms with van der Waals surface area (Å²) < 4.78 is 5.16. The maximum Gasteiger partial charge on any atom is 0.261 e. The van der Waals surface area contributed by atoms with Gasteiger partial charge in [0.15, 0.2) is 0 Å². The summed E-state index contributed by atoms with van der Waals surface area (Å²) in [5, 5.41) is 0. The highest BCUT2D eigenvalue weighted by Crippen LogP contribution is 2.21. The van der Waals surface area contributed by atoms with Crippen molar-refractivity contribution in [3.63, 3.8) is 0 Å². The van der Waals surface area contributed by atoms with Crippen LogP contribution in [-0.2, 0) is 25.9 Å². The summed E-state index contributed by atoms with van der Waals surface area (Å²) in [7, 11) is 0. The van der Waals surface area contributed by atoms with Crippen molar-refractivity contribution in [2.24, 2.45) is 0 Å². The molecule has 0 radical (unpaired) electrons. The van der Waals surface area contributed by atoms with Crippen LogP contribution in [0.1, 0.15) is 114 Å². The molecule has 0 spiro atoms. The largest absolute Gasteiger partial charge is 0.261 e. The average molecular weight is 474 g/mol. The van der Waals surface area contributed by atoms with E-state index in [9.17, 15) is 0 Å². The molecule has 190 valence electrons. The van der Waals surface area contributed by atoms with E-state index in [-0.39, 0.29) is 0 Å². The minimum absolute atomic E-state index is 0.521. The van der Waals surface area contributed by atoms with Gasteiger partial charge in [0, 0.05) is 6.42 Å². The summed E-state index contributed by atoms with van der Waals surface area (Å²) in [6.45, 7) is 9.12. The predicted molar refractivity (Wildman–Crippen MR) is 150 cm³/mol. The molecule has 0 aliphatic heterocycles. The quantitative estimate of drug-likeness (QED) is 0.137. The minimum Gasteiger partial charge on any atom is -0.234 e. The molecule has 3 aromatic rings. The first kappa shape index (κ1) is 27.2. The van der Waals surface area contributed by atoms with Crippen molar-refractivity contribution in [3.8, 4) is 0 Å². The third kappa shape index (κ3) is 8.98. The molecule has 35 heavy (non-hydrogen) atoms. The molecule has 2 nitrogen and oxygen atoms in total. The zero-order valence-electron chi connectivity index (χ0n) is 22.7. The Hall–Kier alpha value is -2.35. The van der Waals surface area contributed by atoms with Gasteiger partial charge in [-0.25, -0.2) is 9.13 Å². The average Bonchev–Trinajstić information content (AvgIpc) is 3.21. The van der Waals surface area contributed by atoms with Gasteiger partial charge < -0.3 is 0 Å². The van der Waals surface area contributed by atoms with Crippen LogP contribution in [-0.4, -0.2) is 4.57 Å². The lowest BCUT2D eigenvalue weighted by atomic mass is 9.96. The van der Waals surface area contributed by atoms with E-state index in [1.807, 2.05) is 0 Å². The van der Waals surface area contributed by atoms with Crippen molar-refractivity contribution >= 4 is 0 Å². The standard InChI is InChI=1S/C33H49N2/c1-4-6-7-8-9-10-11-12-13-20-25-35-32(26-29(3)31-23-18-15-19-24-31)28-34(5-2)33(35)27-30-21-16-14-17-22-30/h14-19,21-24,28-29H,4-13,20,25-27H2,1-3H3/q+1. The summed E-state index contributed by atoms with van der Waals surface area (Å²) >= 11 is 0. The summed E-state index contributed by atoms with van der Waals surface area (Å²) in [4.78, 5) is 0. The molecule has 0 aliphatic rings. The molecule has 0 bridgehead atoms. The normalized spacial score (nSPS) is 12.2. The Morgan fingerprint density at radius 2 is 1.29 bits per heavy atom. The smallest absolute Gasteiger partial charge is 0.234 e. The Balaban J connectivity index is 1.64. The number of imidazole rings is 1. The maximum absolute atomic E-state index is 2.67. The molecule has 3 rings (SSSR count). The molecule has 0 aliphatic carbocycles. The number of hydrogen-bond donors (Lipinski definition) is 0. The van der Waals surface area contributed by atoms with Gasteiger partial charge in [0.25, 0.3) is 5.82 Å². The van der Waals surface area contributed by atoms with Gasteiger partial charge in [-0.1, -0.05) is 126 Å². The second-order valence-corrected chi connectivity index (χ2v) is 10.3. The molecule has 1 unspecified atom stereocenters. The minimum atomic E-state index is 0.521. The van der Waals surface area contributed by atoms with Crippen molar-refractivity contribution in [2.75, 3.05) is 0 Å². The monoisotopic (exact) mass is 473 g/mol. The molecule has 1 atom stereocenters. The lowest BCUT2D eigenvalue weighted by Gasteiger charge is -2.12. The van der Waals surface area contributed by atoms with Gasteiger partial charge in [-0.3, -0.25) is 0 Å². The lowest BCUT2D eigenvalue weighted by molar-refractivity contribution is -0.710. The maximum atomic E-state index is 2.67. The van der Waals surface area contributed by atoms with Crippen molar-refractivity contribution in [1.29, 1.82) is 0 Å². The van der Waals surface area contributed by atoms with E-state index in [0.717, 1.165) is 25.9 Å². The van der Waals surface area contributed by atoms with Crippen molar-refractivity contribution in [3.05, 3.63) is 89.5 Å². The van der Waals surface area contributed by atoms with Crippen LogP contribution in [0.4, 0.5) is 0 Å². The van der Waals surface area contributed by atoms with Crippen LogP contribution in [0.5, 0.6) is 0 Å². The lowest BCUT2D eigenvalue weighted by Crippen LogP contribution is -2.41. The third-order valence-corrected chi connectivity index (χ3v) is 7.46. The van der Waals surface area contributed by atoms with E-state index >= 15 is 0 Å². The molecule has 2 heteroatoms. The Morgan fingerprint density at radius 1 is 0.714 bits per heavy atom. The van der Waals surface area contributed by atoms with Crippen LogP contribution in [0.3, 0.4) is 0 Å². The number of rotatable bonds is 17. The van der Waals surface area contributed by atoms with Crippen LogP contribution < -0.4 is 4.57 Å². The second-order valence-electron chi connectivity index (χ2n) is 10.3. The predicted octanol–water partition coefficient (Wildman–Crippen LogP) is 8.65. The fourth-order valence-electron chi connectivity index (χ4n) is 5.30. The van der Waals surface area contributed by atoms with Gasteiger partial charge in [0.05, 0.1) is 19.5 Å². The summed E-state index contributed by atoms with van der Waals surface area (Å²) in [5.41, 5.74) is 4.33. The molecule has 0 saturated carbocycles. The Morgan fingerprint density at radius 3 is 1.89 bits per heavy atom. The number of nitrogens with zero attached hydrogens (tertiary/aromatic N) is 2. The highest BCUT2D eigenvalue weighted by Gasteiger charge is 2.24. The number of hydrogen-bond acceptors (Lipinski definition) is 0.